The topological polar surface area (TPSA) is 63.7 Å². The van der Waals surface area contributed by atoms with Crippen LogP contribution in [0.15, 0.2) is 23.6 Å². The van der Waals surface area contributed by atoms with Gasteiger partial charge < -0.3 is 19.7 Å². The first kappa shape index (κ1) is 20.2. The summed E-state index contributed by atoms with van der Waals surface area (Å²) in [5.41, 5.74) is 1.72. The van der Waals surface area contributed by atoms with E-state index in [1.807, 2.05) is 23.6 Å². The molecule has 1 aromatic carbocycles. The largest absolute Gasteiger partial charge is 0.493 e. The van der Waals surface area contributed by atoms with Gasteiger partial charge in [-0.25, -0.2) is 4.98 Å². The Bertz CT molecular complexity index is 714. The van der Waals surface area contributed by atoms with Crippen molar-refractivity contribution in [3.8, 4) is 22.1 Å². The van der Waals surface area contributed by atoms with Crippen molar-refractivity contribution in [3.05, 3.63) is 29.3 Å². The number of benzene rings is 1. The number of amides is 1. The van der Waals surface area contributed by atoms with Crippen molar-refractivity contribution in [2.24, 2.45) is 0 Å². The number of methoxy groups -OCH3 is 2. The highest BCUT2D eigenvalue weighted by Gasteiger charge is 2.12. The first-order valence-electron chi connectivity index (χ1n) is 8.77. The van der Waals surface area contributed by atoms with Crippen LogP contribution < -0.4 is 14.8 Å². The lowest BCUT2D eigenvalue weighted by atomic mass is 10.2. The molecule has 0 aliphatic carbocycles. The molecule has 0 atom stereocenters. The zero-order valence-electron chi connectivity index (χ0n) is 15.9. The molecular formula is C19H27N3O3S. The predicted octanol–water partition coefficient (Wildman–Crippen LogP) is 2.83. The van der Waals surface area contributed by atoms with Gasteiger partial charge in [0, 0.05) is 24.0 Å². The smallest absolute Gasteiger partial charge is 0.226 e. The van der Waals surface area contributed by atoms with E-state index < -0.39 is 0 Å². The Labute approximate surface area is 159 Å². The van der Waals surface area contributed by atoms with Crippen LogP contribution in [0.1, 0.15) is 19.5 Å². The molecule has 1 heterocycles. The van der Waals surface area contributed by atoms with Crippen LogP contribution in [0.3, 0.4) is 0 Å². The summed E-state index contributed by atoms with van der Waals surface area (Å²) in [6, 6.07) is 5.69. The number of carbonyl (C=O) groups excluding carboxylic acids is 1. The second-order valence-electron chi connectivity index (χ2n) is 5.77. The molecule has 0 spiro atoms. The van der Waals surface area contributed by atoms with Crippen molar-refractivity contribution in [3.63, 3.8) is 0 Å². The van der Waals surface area contributed by atoms with E-state index in [1.165, 1.54) is 11.3 Å². The van der Waals surface area contributed by atoms with Crippen molar-refractivity contribution in [2.45, 2.75) is 20.3 Å². The minimum atomic E-state index is 0.00122. The van der Waals surface area contributed by atoms with Crippen molar-refractivity contribution < 1.29 is 14.3 Å². The predicted molar refractivity (Wildman–Crippen MR) is 105 cm³/mol. The number of rotatable bonds is 10. The minimum absolute atomic E-state index is 0.00122. The molecule has 0 radical (unpaired) electrons. The summed E-state index contributed by atoms with van der Waals surface area (Å²) in [5, 5.41) is 5.74. The average molecular weight is 378 g/mol. The molecule has 0 saturated carbocycles. The van der Waals surface area contributed by atoms with Crippen LogP contribution in [0.2, 0.25) is 0 Å². The molecule has 7 heteroatoms. The number of hydrogen-bond acceptors (Lipinski definition) is 6. The fraction of sp³-hybridized carbons (Fsp3) is 0.474. The van der Waals surface area contributed by atoms with Crippen molar-refractivity contribution >= 4 is 17.2 Å². The molecule has 1 amide bonds. The van der Waals surface area contributed by atoms with Crippen molar-refractivity contribution in [1.82, 2.24) is 15.2 Å². The number of likely N-dealkylation sites (N-methyl/N-ethyl adjacent to an activating group) is 1. The number of carbonyl (C=O) groups is 1. The maximum atomic E-state index is 12.1. The lowest BCUT2D eigenvalue weighted by Gasteiger charge is -2.17. The number of nitrogens with zero attached hydrogens (tertiary/aromatic N) is 2. The third kappa shape index (κ3) is 5.44. The van der Waals surface area contributed by atoms with Gasteiger partial charge in [0.05, 0.1) is 26.3 Å². The molecule has 0 aliphatic rings. The third-order valence-corrected chi connectivity index (χ3v) is 5.11. The molecule has 142 valence electrons. The third-order valence-electron chi connectivity index (χ3n) is 4.17. The van der Waals surface area contributed by atoms with Crippen LogP contribution in [-0.2, 0) is 11.2 Å². The Kier molecular flexibility index (Phi) is 7.87. The SMILES string of the molecule is CCN(CC)CCNC(=O)Cc1csc(-c2ccc(OC)c(OC)c2)n1. The van der Waals surface area contributed by atoms with Crippen LogP contribution >= 0.6 is 11.3 Å². The Hall–Kier alpha value is -2.12. The first-order valence-corrected chi connectivity index (χ1v) is 9.65. The molecule has 0 fully saturated rings. The van der Waals surface area contributed by atoms with Crippen molar-refractivity contribution in [2.75, 3.05) is 40.4 Å². The molecule has 0 unspecified atom stereocenters. The Morgan fingerprint density at radius 1 is 1.19 bits per heavy atom. The molecule has 0 saturated heterocycles. The van der Waals surface area contributed by atoms with E-state index in [0.717, 1.165) is 35.9 Å². The zero-order valence-corrected chi connectivity index (χ0v) is 16.7. The number of ether oxygens (including phenoxy) is 2. The lowest BCUT2D eigenvalue weighted by molar-refractivity contribution is -0.120. The van der Waals surface area contributed by atoms with Crippen LogP contribution in [0, 0.1) is 0 Å². The second-order valence-corrected chi connectivity index (χ2v) is 6.63. The van der Waals surface area contributed by atoms with Crippen molar-refractivity contribution in [1.29, 1.82) is 0 Å². The van der Waals surface area contributed by atoms with Gasteiger partial charge in [-0.05, 0) is 31.3 Å². The number of nitrogens with one attached hydrogen (secondary N) is 1. The fourth-order valence-electron chi connectivity index (χ4n) is 2.61. The fourth-order valence-corrected chi connectivity index (χ4v) is 3.43. The van der Waals surface area contributed by atoms with Gasteiger partial charge in [-0.3, -0.25) is 4.79 Å². The maximum Gasteiger partial charge on any atom is 0.226 e. The van der Waals surface area contributed by atoms with Gasteiger partial charge in [0.2, 0.25) is 5.91 Å². The highest BCUT2D eigenvalue weighted by molar-refractivity contribution is 7.13. The Morgan fingerprint density at radius 3 is 2.58 bits per heavy atom. The minimum Gasteiger partial charge on any atom is -0.493 e. The van der Waals surface area contributed by atoms with Crippen LogP contribution in [0.4, 0.5) is 0 Å². The molecule has 6 nitrogen and oxygen atoms in total. The molecule has 0 bridgehead atoms. The van der Waals surface area contributed by atoms with E-state index in [1.54, 1.807) is 14.2 Å². The van der Waals surface area contributed by atoms with E-state index in [0.29, 0.717) is 24.5 Å². The van der Waals surface area contributed by atoms with Gasteiger partial charge in [-0.15, -0.1) is 11.3 Å². The number of thiazole rings is 1. The molecule has 2 aromatic rings. The zero-order chi connectivity index (χ0) is 18.9. The van der Waals surface area contributed by atoms with Gasteiger partial charge in [-0.1, -0.05) is 13.8 Å². The van der Waals surface area contributed by atoms with E-state index in [4.69, 9.17) is 9.47 Å². The molecular weight excluding hydrogens is 350 g/mol. The van der Waals surface area contributed by atoms with Gasteiger partial charge in [0.1, 0.15) is 5.01 Å². The van der Waals surface area contributed by atoms with Gasteiger partial charge in [-0.2, -0.15) is 0 Å². The number of aromatic nitrogens is 1. The molecule has 26 heavy (non-hydrogen) atoms. The van der Waals surface area contributed by atoms with Gasteiger partial charge in [0.15, 0.2) is 11.5 Å². The summed E-state index contributed by atoms with van der Waals surface area (Å²) in [5.74, 6) is 1.35. The molecule has 0 aliphatic heterocycles. The van der Waals surface area contributed by atoms with E-state index >= 15 is 0 Å². The normalized spacial score (nSPS) is 10.8. The van der Waals surface area contributed by atoms with Crippen LogP contribution in [0.5, 0.6) is 11.5 Å². The van der Waals surface area contributed by atoms with Crippen LogP contribution in [-0.4, -0.2) is 56.2 Å². The maximum absolute atomic E-state index is 12.1. The van der Waals surface area contributed by atoms with E-state index in [2.05, 4.69) is 29.0 Å². The Morgan fingerprint density at radius 2 is 1.92 bits per heavy atom. The highest BCUT2D eigenvalue weighted by atomic mass is 32.1. The molecule has 1 aromatic heterocycles. The second kappa shape index (κ2) is 10.1. The monoisotopic (exact) mass is 377 g/mol. The lowest BCUT2D eigenvalue weighted by Crippen LogP contribution is -2.35. The van der Waals surface area contributed by atoms with Crippen LogP contribution in [0.25, 0.3) is 10.6 Å². The Balaban J connectivity index is 1.94. The van der Waals surface area contributed by atoms with E-state index in [9.17, 15) is 4.79 Å². The summed E-state index contributed by atoms with van der Waals surface area (Å²) in [6.45, 7) is 7.76. The molecule has 1 N–H and O–H groups in total. The molecule has 2 rings (SSSR count). The highest BCUT2D eigenvalue weighted by Crippen LogP contribution is 2.33. The summed E-state index contributed by atoms with van der Waals surface area (Å²) in [4.78, 5) is 19.0. The standard InChI is InChI=1S/C19H27N3O3S/c1-5-22(6-2)10-9-20-18(23)12-15-13-26-19(21-15)14-7-8-16(24-3)17(11-14)25-4/h7-8,11,13H,5-6,9-10,12H2,1-4H3,(H,20,23). The first-order chi connectivity index (χ1) is 12.6. The summed E-state index contributed by atoms with van der Waals surface area (Å²) in [7, 11) is 3.22. The summed E-state index contributed by atoms with van der Waals surface area (Å²) in [6.07, 6.45) is 0.294. The number of hydrogen-bond donors (Lipinski definition) is 1. The summed E-state index contributed by atoms with van der Waals surface area (Å²) < 4.78 is 10.6. The van der Waals surface area contributed by atoms with Gasteiger partial charge >= 0.3 is 0 Å². The average Bonchev–Trinajstić information content (AvgIpc) is 3.13. The van der Waals surface area contributed by atoms with E-state index in [-0.39, 0.29) is 5.91 Å². The van der Waals surface area contributed by atoms with Gasteiger partial charge in [0.25, 0.3) is 0 Å². The quantitative estimate of drug-likeness (QED) is 0.690. The summed E-state index contributed by atoms with van der Waals surface area (Å²) >= 11 is 1.52.